The lowest BCUT2D eigenvalue weighted by atomic mass is 10.1. The Morgan fingerprint density at radius 1 is 1.38 bits per heavy atom. The van der Waals surface area contributed by atoms with Gasteiger partial charge in [0, 0.05) is 24.7 Å². The van der Waals surface area contributed by atoms with Gasteiger partial charge in [-0.2, -0.15) is 0 Å². The van der Waals surface area contributed by atoms with Gasteiger partial charge in [-0.25, -0.2) is 0 Å². The number of aliphatic hydroxyl groups excluding tert-OH is 1. The third kappa shape index (κ3) is 5.93. The van der Waals surface area contributed by atoms with Crippen molar-refractivity contribution in [3.05, 3.63) is 34.9 Å². The maximum Gasteiger partial charge on any atom is 0.0900 e. The predicted octanol–water partition coefficient (Wildman–Crippen LogP) is 2.33. The van der Waals surface area contributed by atoms with Gasteiger partial charge < -0.3 is 14.6 Å². The summed E-state index contributed by atoms with van der Waals surface area (Å²) in [5, 5.41) is 10.8. The second kappa shape index (κ2) is 7.56. The molecule has 0 radical (unpaired) electrons. The molecule has 1 fully saturated rings. The molecule has 0 amide bonds. The molecule has 1 atom stereocenters. The molecule has 1 unspecified atom stereocenters. The van der Waals surface area contributed by atoms with E-state index in [0.29, 0.717) is 31.4 Å². The summed E-state index contributed by atoms with van der Waals surface area (Å²) in [5.74, 6) is 0. The summed E-state index contributed by atoms with van der Waals surface area (Å²) in [5.41, 5.74) is 0.918. The summed E-state index contributed by atoms with van der Waals surface area (Å²) < 4.78 is 11.2. The van der Waals surface area contributed by atoms with Crippen LogP contribution in [0.2, 0.25) is 5.02 Å². The largest absolute Gasteiger partial charge is 0.389 e. The number of aliphatic hydroxyl groups is 1. The van der Waals surface area contributed by atoms with Gasteiger partial charge in [-0.05, 0) is 31.5 Å². The molecule has 118 valence electrons. The number of hydrogen-bond donors (Lipinski definition) is 1. The number of rotatable bonds is 6. The zero-order chi connectivity index (χ0) is 15.3. The first kappa shape index (κ1) is 16.7. The van der Waals surface area contributed by atoms with E-state index >= 15 is 0 Å². The Kier molecular flexibility index (Phi) is 6.02. The SMILES string of the molecule is CC1(C)CN(CC(O)COCc2ccc(Cl)cc2)CCO1. The van der Waals surface area contributed by atoms with Crippen molar-refractivity contribution in [3.8, 4) is 0 Å². The molecule has 1 heterocycles. The minimum absolute atomic E-state index is 0.137. The molecular weight excluding hydrogens is 290 g/mol. The second-order valence-corrected chi connectivity index (χ2v) is 6.58. The van der Waals surface area contributed by atoms with E-state index in [4.69, 9.17) is 21.1 Å². The summed E-state index contributed by atoms with van der Waals surface area (Å²) >= 11 is 5.83. The van der Waals surface area contributed by atoms with Crippen molar-refractivity contribution >= 4 is 11.6 Å². The quantitative estimate of drug-likeness (QED) is 0.875. The molecule has 0 saturated carbocycles. The van der Waals surface area contributed by atoms with Crippen molar-refractivity contribution in [1.82, 2.24) is 4.90 Å². The Hall–Kier alpha value is -0.650. The Bertz CT molecular complexity index is 436. The second-order valence-electron chi connectivity index (χ2n) is 6.14. The van der Waals surface area contributed by atoms with Gasteiger partial charge in [-0.1, -0.05) is 23.7 Å². The minimum atomic E-state index is -0.480. The molecule has 1 aliphatic heterocycles. The van der Waals surface area contributed by atoms with E-state index in [9.17, 15) is 5.11 Å². The van der Waals surface area contributed by atoms with Gasteiger partial charge in [0.05, 0.1) is 31.5 Å². The maximum absolute atomic E-state index is 10.1. The van der Waals surface area contributed by atoms with Gasteiger partial charge in [0.15, 0.2) is 0 Å². The van der Waals surface area contributed by atoms with E-state index in [2.05, 4.69) is 18.7 Å². The van der Waals surface area contributed by atoms with Crippen molar-refractivity contribution in [1.29, 1.82) is 0 Å². The fraction of sp³-hybridized carbons (Fsp3) is 0.625. The molecule has 0 bridgehead atoms. The average molecular weight is 314 g/mol. The summed E-state index contributed by atoms with van der Waals surface area (Å²) in [6, 6.07) is 7.54. The number of ether oxygens (including phenoxy) is 2. The van der Waals surface area contributed by atoms with Crippen molar-refractivity contribution in [3.63, 3.8) is 0 Å². The van der Waals surface area contributed by atoms with Crippen molar-refractivity contribution in [2.24, 2.45) is 0 Å². The van der Waals surface area contributed by atoms with Crippen LogP contribution in [0.5, 0.6) is 0 Å². The molecule has 2 rings (SSSR count). The summed E-state index contributed by atoms with van der Waals surface area (Å²) in [7, 11) is 0. The molecule has 1 aliphatic rings. The van der Waals surface area contributed by atoms with Crippen molar-refractivity contribution < 1.29 is 14.6 Å². The van der Waals surface area contributed by atoms with Crippen LogP contribution in [0, 0.1) is 0 Å². The molecule has 1 N–H and O–H groups in total. The summed E-state index contributed by atoms with van der Waals surface area (Å²) in [4.78, 5) is 2.22. The normalized spacial score (nSPS) is 20.4. The number of morpholine rings is 1. The molecule has 21 heavy (non-hydrogen) atoms. The van der Waals surface area contributed by atoms with E-state index in [1.54, 1.807) is 0 Å². The van der Waals surface area contributed by atoms with Crippen LogP contribution >= 0.6 is 11.6 Å². The average Bonchev–Trinajstić information content (AvgIpc) is 2.40. The van der Waals surface area contributed by atoms with E-state index in [1.807, 2.05) is 24.3 Å². The molecule has 5 heteroatoms. The van der Waals surface area contributed by atoms with E-state index in [0.717, 1.165) is 18.7 Å². The highest BCUT2D eigenvalue weighted by molar-refractivity contribution is 6.30. The number of hydrogen-bond acceptors (Lipinski definition) is 4. The van der Waals surface area contributed by atoms with Crippen molar-refractivity contribution in [2.45, 2.75) is 32.2 Å². The lowest BCUT2D eigenvalue weighted by Crippen LogP contribution is -2.50. The predicted molar refractivity (Wildman–Crippen MR) is 83.6 cm³/mol. The van der Waals surface area contributed by atoms with Crippen LogP contribution in [0.15, 0.2) is 24.3 Å². The van der Waals surface area contributed by atoms with Crippen molar-refractivity contribution in [2.75, 3.05) is 32.8 Å². The van der Waals surface area contributed by atoms with Crippen LogP contribution < -0.4 is 0 Å². The van der Waals surface area contributed by atoms with Crippen LogP contribution in [-0.4, -0.2) is 54.6 Å². The van der Waals surface area contributed by atoms with E-state index < -0.39 is 6.10 Å². The zero-order valence-corrected chi connectivity index (χ0v) is 13.5. The van der Waals surface area contributed by atoms with Gasteiger partial charge in [-0.15, -0.1) is 0 Å². The molecule has 1 aromatic carbocycles. The molecule has 0 aromatic heterocycles. The number of halogens is 1. The van der Waals surface area contributed by atoms with Gasteiger partial charge in [0.2, 0.25) is 0 Å². The van der Waals surface area contributed by atoms with Crippen LogP contribution in [-0.2, 0) is 16.1 Å². The lowest BCUT2D eigenvalue weighted by molar-refractivity contribution is -0.0975. The molecule has 1 aromatic rings. The smallest absolute Gasteiger partial charge is 0.0900 e. The summed E-state index contributed by atoms with van der Waals surface area (Å²) in [6.07, 6.45) is -0.480. The monoisotopic (exact) mass is 313 g/mol. The standard InChI is InChI=1S/C16H24ClNO3/c1-16(2)12-18(7-8-21-16)9-15(19)11-20-10-13-3-5-14(17)6-4-13/h3-6,15,19H,7-12H2,1-2H3. The van der Waals surface area contributed by atoms with Gasteiger partial charge in [0.1, 0.15) is 0 Å². The Balaban J connectivity index is 1.67. The number of benzene rings is 1. The van der Waals surface area contributed by atoms with E-state index in [-0.39, 0.29) is 5.60 Å². The third-order valence-electron chi connectivity index (χ3n) is 3.47. The van der Waals surface area contributed by atoms with Crippen LogP contribution in [0.25, 0.3) is 0 Å². The van der Waals surface area contributed by atoms with Crippen LogP contribution in [0.3, 0.4) is 0 Å². The molecule has 1 saturated heterocycles. The first-order chi connectivity index (χ1) is 9.94. The molecule has 0 aliphatic carbocycles. The topological polar surface area (TPSA) is 41.9 Å². The van der Waals surface area contributed by atoms with E-state index in [1.165, 1.54) is 0 Å². The zero-order valence-electron chi connectivity index (χ0n) is 12.7. The number of β-amino-alcohol motifs (C(OH)–C–C–N with tert-alkyl or cyclic N) is 1. The van der Waals surface area contributed by atoms with Gasteiger partial charge >= 0.3 is 0 Å². The molecule has 0 spiro atoms. The van der Waals surface area contributed by atoms with Gasteiger partial charge in [0.25, 0.3) is 0 Å². The third-order valence-corrected chi connectivity index (χ3v) is 3.72. The molecular formula is C16H24ClNO3. The Morgan fingerprint density at radius 3 is 2.76 bits per heavy atom. The first-order valence-electron chi connectivity index (χ1n) is 7.31. The minimum Gasteiger partial charge on any atom is -0.389 e. The fourth-order valence-electron chi connectivity index (χ4n) is 2.51. The number of nitrogens with zero attached hydrogens (tertiary/aromatic N) is 1. The molecule has 4 nitrogen and oxygen atoms in total. The van der Waals surface area contributed by atoms with Gasteiger partial charge in [-0.3, -0.25) is 4.90 Å². The highest BCUT2D eigenvalue weighted by Gasteiger charge is 2.28. The van der Waals surface area contributed by atoms with Crippen LogP contribution in [0.4, 0.5) is 0 Å². The lowest BCUT2D eigenvalue weighted by Gasteiger charge is -2.38. The fourth-order valence-corrected chi connectivity index (χ4v) is 2.64. The maximum atomic E-state index is 10.1. The first-order valence-corrected chi connectivity index (χ1v) is 7.69. The Morgan fingerprint density at radius 2 is 2.10 bits per heavy atom. The highest BCUT2D eigenvalue weighted by Crippen LogP contribution is 2.16. The van der Waals surface area contributed by atoms with Crippen LogP contribution in [0.1, 0.15) is 19.4 Å². The highest BCUT2D eigenvalue weighted by atomic mass is 35.5. The Labute approximate surface area is 131 Å². The summed E-state index contributed by atoms with van der Waals surface area (Å²) in [6.45, 7) is 7.99.